The Bertz CT molecular complexity index is 2000. The summed E-state index contributed by atoms with van der Waals surface area (Å²) < 4.78 is 34.3. The number of carbonyl (C=O) groups is 7. The van der Waals surface area contributed by atoms with Crippen LogP contribution in [0.2, 0.25) is 0 Å². The molecular weight excluding hydrogens is 1090 g/mol. The normalized spacial score (nSPS) is 17.9. The van der Waals surface area contributed by atoms with E-state index < -0.39 is 41.4 Å². The van der Waals surface area contributed by atoms with Gasteiger partial charge in [-0.05, 0) is 109 Å². The maximum atomic E-state index is 13.9. The number of nitrogens with zero attached hydrogens (tertiary/aromatic N) is 1. The topological polar surface area (TPSA) is 178 Å². The maximum absolute atomic E-state index is 13.9. The second kappa shape index (κ2) is 48.3. The summed E-state index contributed by atoms with van der Waals surface area (Å²) in [7, 11) is 0. The minimum atomic E-state index is -0.859. The summed E-state index contributed by atoms with van der Waals surface area (Å²) in [5.74, 6) is -2.37. The number of carbonyl (C=O) groups excluding carboxylic acids is 7. The molecule has 4 unspecified atom stereocenters. The van der Waals surface area contributed by atoms with Gasteiger partial charge in [0.15, 0.2) is 0 Å². The fraction of sp³-hybridized carbons (Fsp3) is 0.792. The molecule has 2 aliphatic carbocycles. The quantitative estimate of drug-likeness (QED) is 0.0185. The molecule has 2 aliphatic rings. The highest BCUT2D eigenvalue weighted by Crippen LogP contribution is 2.57. The van der Waals surface area contributed by atoms with Crippen molar-refractivity contribution in [2.75, 3.05) is 46.1 Å². The van der Waals surface area contributed by atoms with Crippen LogP contribution in [0.1, 0.15) is 286 Å². The standard InChI is InChI=1S/C72H121NO13/c1-10-15-19-23-27-33-46-81-66(75)43-41-60(51-68(77)82-47-34-28-24-20-16-11-2)42-44-67(76)86-65-53-72(65,59(9)71(80)85-62(14-5)40-37-38-57(6)7)45-32-31-39-58(8)50-61-52-63(61)64(74)54-73(55-69(78)83-48-35-29-25-21-17-12-3)56-70(79)84-49-36-30-26-22-18-13-4/h31-32,41,58,61-63,65H,6,9-30,33-40,42-56H2,1-5,7-8H3/b32-31-,60-41-/t58-,61?,62?,63?,65?,72+/m0/s1. The van der Waals surface area contributed by atoms with Gasteiger partial charge in [-0.2, -0.15) is 0 Å². The molecule has 0 N–H and O–H groups in total. The van der Waals surface area contributed by atoms with E-state index in [1.807, 2.05) is 19.9 Å². The highest BCUT2D eigenvalue weighted by molar-refractivity contribution is 5.91. The van der Waals surface area contributed by atoms with E-state index in [2.05, 4.69) is 53.9 Å². The molecule has 492 valence electrons. The fourth-order valence-electron chi connectivity index (χ4n) is 11.1. The van der Waals surface area contributed by atoms with Gasteiger partial charge in [-0.25, -0.2) is 4.79 Å². The molecular formula is C72H121NO13. The first kappa shape index (κ1) is 77.5. The van der Waals surface area contributed by atoms with Gasteiger partial charge in [0, 0.05) is 23.3 Å². The molecule has 2 fully saturated rings. The molecule has 0 amide bonds. The zero-order valence-corrected chi connectivity index (χ0v) is 55.4. The smallest absolute Gasteiger partial charge is 0.334 e. The average molecular weight is 1210 g/mol. The second-order valence-corrected chi connectivity index (χ2v) is 25.3. The summed E-state index contributed by atoms with van der Waals surface area (Å²) in [6.07, 6.45) is 36.7. The second-order valence-electron chi connectivity index (χ2n) is 25.3. The SMILES string of the molecule is C=C(C)CCCC(CC)OC(=O)C(=C)[C@@]1(C/C=C\C[C@H](C)CC2CC2C(=O)CN(CC(=O)OCCCCCCCC)CC(=O)OCCCCCCCC)CC1OC(=O)CC/C(=C/CC(=O)OCCCCCCCC)CC(=O)OCCCCCCCC. The van der Waals surface area contributed by atoms with Crippen molar-refractivity contribution in [1.82, 2.24) is 4.90 Å². The van der Waals surface area contributed by atoms with E-state index in [0.29, 0.717) is 57.7 Å². The summed E-state index contributed by atoms with van der Waals surface area (Å²) in [6.45, 7) is 24.1. The lowest BCUT2D eigenvalue weighted by molar-refractivity contribution is -0.150. The van der Waals surface area contributed by atoms with Crippen LogP contribution in [-0.4, -0.2) is 105 Å². The van der Waals surface area contributed by atoms with Crippen molar-refractivity contribution >= 4 is 41.6 Å². The summed E-state index contributed by atoms with van der Waals surface area (Å²) in [5, 5.41) is 0. The van der Waals surface area contributed by atoms with Crippen LogP contribution in [0.15, 0.2) is 48.1 Å². The van der Waals surface area contributed by atoms with Crippen LogP contribution >= 0.6 is 0 Å². The van der Waals surface area contributed by atoms with Gasteiger partial charge in [0.1, 0.15) is 18.0 Å². The third-order valence-corrected chi connectivity index (χ3v) is 16.9. The lowest BCUT2D eigenvalue weighted by atomic mass is 9.91. The Morgan fingerprint density at radius 3 is 1.56 bits per heavy atom. The molecule has 0 bridgehead atoms. The molecule has 0 aliphatic heterocycles. The molecule has 86 heavy (non-hydrogen) atoms. The van der Waals surface area contributed by atoms with E-state index in [1.54, 1.807) is 11.0 Å². The minimum absolute atomic E-state index is 0.0142. The van der Waals surface area contributed by atoms with Crippen LogP contribution in [0.4, 0.5) is 0 Å². The van der Waals surface area contributed by atoms with E-state index in [4.69, 9.17) is 28.4 Å². The largest absolute Gasteiger partial charge is 0.465 e. The Morgan fingerprint density at radius 1 is 0.570 bits per heavy atom. The Labute approximate surface area is 521 Å². The van der Waals surface area contributed by atoms with Crippen molar-refractivity contribution in [3.63, 3.8) is 0 Å². The molecule has 0 saturated heterocycles. The van der Waals surface area contributed by atoms with Gasteiger partial charge in [0.2, 0.25) is 0 Å². The summed E-state index contributed by atoms with van der Waals surface area (Å²) in [6, 6.07) is 0. The van der Waals surface area contributed by atoms with Gasteiger partial charge in [-0.3, -0.25) is 33.7 Å². The monoisotopic (exact) mass is 1210 g/mol. The lowest BCUT2D eigenvalue weighted by Crippen LogP contribution is -2.40. The molecule has 0 aromatic rings. The van der Waals surface area contributed by atoms with E-state index in [-0.39, 0.29) is 86.5 Å². The summed E-state index contributed by atoms with van der Waals surface area (Å²) >= 11 is 0. The number of allylic oxidation sites excluding steroid dienone is 3. The van der Waals surface area contributed by atoms with Crippen LogP contribution < -0.4 is 0 Å². The van der Waals surface area contributed by atoms with Crippen LogP contribution in [-0.2, 0) is 62.0 Å². The predicted octanol–water partition coefficient (Wildman–Crippen LogP) is 16.9. The number of hydrogen-bond donors (Lipinski definition) is 0. The average Bonchev–Trinajstić information content (AvgIpc) is 1.64. The Morgan fingerprint density at radius 2 is 1.06 bits per heavy atom. The predicted molar refractivity (Wildman–Crippen MR) is 344 cm³/mol. The Balaban J connectivity index is 2.12. The summed E-state index contributed by atoms with van der Waals surface area (Å²) in [4.78, 5) is 94.7. The Kier molecular flexibility index (Phi) is 43.6. The number of Topliss-reactive ketones (excluding diaryl/α,β-unsaturated/α-hetero) is 1. The van der Waals surface area contributed by atoms with E-state index >= 15 is 0 Å². The number of unbranched alkanes of at least 4 members (excludes halogenated alkanes) is 20. The summed E-state index contributed by atoms with van der Waals surface area (Å²) in [5.41, 5.74) is 1.08. The maximum Gasteiger partial charge on any atom is 0.334 e. The van der Waals surface area contributed by atoms with E-state index in [0.717, 1.165) is 128 Å². The number of hydrogen-bond acceptors (Lipinski definition) is 14. The van der Waals surface area contributed by atoms with E-state index in [1.165, 1.54) is 64.2 Å². The van der Waals surface area contributed by atoms with Gasteiger partial charge in [0.05, 0.1) is 58.9 Å². The van der Waals surface area contributed by atoms with Crippen molar-refractivity contribution in [2.45, 2.75) is 298 Å². The van der Waals surface area contributed by atoms with Crippen LogP contribution in [0.5, 0.6) is 0 Å². The van der Waals surface area contributed by atoms with Gasteiger partial charge in [-0.1, -0.05) is 206 Å². The number of ketones is 1. The third kappa shape index (κ3) is 37.3. The first-order chi connectivity index (χ1) is 41.5. The molecule has 6 atom stereocenters. The van der Waals surface area contributed by atoms with Crippen molar-refractivity contribution < 1.29 is 62.0 Å². The zero-order chi connectivity index (χ0) is 63.2. The van der Waals surface area contributed by atoms with Crippen molar-refractivity contribution in [2.24, 2.45) is 23.2 Å². The first-order valence-corrected chi connectivity index (χ1v) is 34.5. The molecule has 0 heterocycles. The molecule has 14 nitrogen and oxygen atoms in total. The molecule has 0 spiro atoms. The van der Waals surface area contributed by atoms with Crippen molar-refractivity contribution in [3.8, 4) is 0 Å². The first-order valence-electron chi connectivity index (χ1n) is 34.5. The number of ether oxygens (including phenoxy) is 6. The number of rotatable bonds is 57. The highest BCUT2D eigenvalue weighted by atomic mass is 16.6. The van der Waals surface area contributed by atoms with Crippen LogP contribution in [0, 0.1) is 23.2 Å². The van der Waals surface area contributed by atoms with Gasteiger partial charge in [0.25, 0.3) is 0 Å². The molecule has 14 heteroatoms. The fourth-order valence-corrected chi connectivity index (χ4v) is 11.1. The minimum Gasteiger partial charge on any atom is -0.465 e. The molecule has 2 saturated carbocycles. The molecule has 2 rings (SSSR count). The molecule has 0 aromatic carbocycles. The van der Waals surface area contributed by atoms with Crippen molar-refractivity contribution in [3.05, 3.63) is 48.1 Å². The third-order valence-electron chi connectivity index (χ3n) is 16.9. The van der Waals surface area contributed by atoms with Gasteiger partial charge < -0.3 is 28.4 Å². The van der Waals surface area contributed by atoms with Gasteiger partial charge in [-0.15, -0.1) is 6.58 Å². The van der Waals surface area contributed by atoms with Gasteiger partial charge >= 0.3 is 35.8 Å². The lowest BCUT2D eigenvalue weighted by Gasteiger charge is -2.22. The Hall–Kier alpha value is -4.59. The van der Waals surface area contributed by atoms with Crippen LogP contribution in [0.3, 0.4) is 0 Å². The number of esters is 6. The van der Waals surface area contributed by atoms with E-state index in [9.17, 15) is 33.6 Å². The van der Waals surface area contributed by atoms with Crippen molar-refractivity contribution in [1.29, 1.82) is 0 Å². The van der Waals surface area contributed by atoms with Crippen LogP contribution in [0.25, 0.3) is 0 Å². The molecule has 0 radical (unpaired) electrons. The molecule has 0 aromatic heterocycles. The highest BCUT2D eigenvalue weighted by Gasteiger charge is 2.60. The zero-order valence-electron chi connectivity index (χ0n) is 55.4.